The second kappa shape index (κ2) is 9.53. The lowest BCUT2D eigenvalue weighted by Crippen LogP contribution is -2.34. The first kappa shape index (κ1) is 21.7. The summed E-state index contributed by atoms with van der Waals surface area (Å²) in [7, 11) is 0. The van der Waals surface area contributed by atoms with Crippen LogP contribution >= 0.6 is 0 Å². The van der Waals surface area contributed by atoms with Crippen molar-refractivity contribution >= 4 is 17.9 Å². The number of hydrogen-bond donors (Lipinski definition) is 0. The molecule has 0 saturated carbocycles. The Kier molecular flexibility index (Phi) is 7.38. The smallest absolute Gasteiger partial charge is 0.337 e. The molecule has 0 spiro atoms. The van der Waals surface area contributed by atoms with Gasteiger partial charge in [0.05, 0.1) is 11.5 Å². The van der Waals surface area contributed by atoms with Crippen LogP contribution < -0.4 is 0 Å². The van der Waals surface area contributed by atoms with Crippen molar-refractivity contribution in [2.45, 2.75) is 59.2 Å². The van der Waals surface area contributed by atoms with E-state index in [1.54, 1.807) is 13.0 Å². The van der Waals surface area contributed by atoms with E-state index in [1.807, 2.05) is 19.9 Å². The Bertz CT molecular complexity index is 755. The fourth-order valence-electron chi connectivity index (χ4n) is 3.39. The topological polar surface area (TPSA) is 78.9 Å². The molecule has 1 aliphatic carbocycles. The van der Waals surface area contributed by atoms with Gasteiger partial charge in [-0.25, -0.2) is 9.59 Å². The van der Waals surface area contributed by atoms with Crippen molar-refractivity contribution in [2.24, 2.45) is 5.92 Å². The third-order valence-electron chi connectivity index (χ3n) is 4.97. The minimum Gasteiger partial charge on any atom is -0.461 e. The van der Waals surface area contributed by atoms with Crippen molar-refractivity contribution in [1.82, 2.24) is 0 Å². The van der Waals surface area contributed by atoms with Gasteiger partial charge in [-0.1, -0.05) is 29.9 Å². The van der Waals surface area contributed by atoms with Crippen molar-refractivity contribution in [3.05, 3.63) is 47.1 Å². The number of ether oxygens (including phenoxy) is 3. The first-order valence-electron chi connectivity index (χ1n) is 9.45. The normalized spacial score (nSPS) is 29.6. The molecular weight excluding hydrogens is 360 g/mol. The largest absolute Gasteiger partial charge is 0.461 e. The van der Waals surface area contributed by atoms with Gasteiger partial charge in [0.2, 0.25) is 0 Å². The third kappa shape index (κ3) is 5.44. The Morgan fingerprint density at radius 1 is 1.32 bits per heavy atom. The first-order valence-corrected chi connectivity index (χ1v) is 9.45. The van der Waals surface area contributed by atoms with Crippen LogP contribution in [0, 0.1) is 5.92 Å². The first-order chi connectivity index (χ1) is 13.2. The fourth-order valence-corrected chi connectivity index (χ4v) is 3.39. The van der Waals surface area contributed by atoms with Gasteiger partial charge in [-0.05, 0) is 39.7 Å². The lowest BCUT2D eigenvalue weighted by Gasteiger charge is -2.27. The molecule has 6 nitrogen and oxygen atoms in total. The monoisotopic (exact) mass is 388 g/mol. The van der Waals surface area contributed by atoms with Gasteiger partial charge in [-0.3, -0.25) is 4.79 Å². The quantitative estimate of drug-likeness (QED) is 0.317. The maximum absolute atomic E-state index is 12.7. The minimum atomic E-state index is -0.609. The third-order valence-corrected chi connectivity index (χ3v) is 4.97. The van der Waals surface area contributed by atoms with Gasteiger partial charge < -0.3 is 14.2 Å². The van der Waals surface area contributed by atoms with E-state index in [2.05, 4.69) is 12.7 Å². The van der Waals surface area contributed by atoms with Crippen LogP contribution in [0.3, 0.4) is 0 Å². The average molecular weight is 388 g/mol. The molecule has 1 aliphatic heterocycles. The van der Waals surface area contributed by atoms with Gasteiger partial charge in [-0.2, -0.15) is 0 Å². The molecular formula is C22H28O6. The number of esters is 3. The number of carbonyl (C=O) groups is 3. The summed E-state index contributed by atoms with van der Waals surface area (Å²) in [5, 5.41) is 0. The zero-order chi connectivity index (χ0) is 20.8. The molecule has 1 heterocycles. The molecule has 0 amide bonds. The van der Waals surface area contributed by atoms with Crippen LogP contribution in [0.2, 0.25) is 0 Å². The second-order valence-electron chi connectivity index (χ2n) is 7.27. The zero-order valence-corrected chi connectivity index (χ0v) is 16.9. The number of hydrogen-bond acceptors (Lipinski definition) is 6. The SMILES string of the molecule is C=C1C(=O)OC2/C=C(\C)CC/C=C(\C)CC(OC(=O)C(=CC)COC(C)=O)C12. The molecule has 2 rings (SSSR count). The zero-order valence-electron chi connectivity index (χ0n) is 16.9. The Balaban J connectivity index is 2.30. The van der Waals surface area contributed by atoms with E-state index in [9.17, 15) is 14.4 Å². The Morgan fingerprint density at radius 3 is 2.68 bits per heavy atom. The van der Waals surface area contributed by atoms with Crippen LogP contribution in [0.15, 0.2) is 47.1 Å². The maximum Gasteiger partial charge on any atom is 0.337 e. The highest BCUT2D eigenvalue weighted by Crippen LogP contribution is 2.36. The summed E-state index contributed by atoms with van der Waals surface area (Å²) in [6.07, 6.45) is 6.70. The average Bonchev–Trinajstić information content (AvgIpc) is 2.88. The molecule has 28 heavy (non-hydrogen) atoms. The van der Waals surface area contributed by atoms with Gasteiger partial charge in [-0.15, -0.1) is 0 Å². The standard InChI is InChI=1S/C22H28O6/c1-6-17(12-26-16(5)23)22(25)28-19-11-14(3)9-7-8-13(2)10-18-20(19)15(4)21(24)27-18/h6,9-10,18-20H,4,7-8,11-12H2,1-3,5H3/b13-10+,14-9+,17-6?. The van der Waals surface area contributed by atoms with E-state index in [0.717, 1.165) is 24.0 Å². The maximum atomic E-state index is 12.7. The van der Waals surface area contributed by atoms with E-state index in [-0.39, 0.29) is 12.2 Å². The summed E-state index contributed by atoms with van der Waals surface area (Å²) in [6.45, 7) is 10.6. The molecule has 6 heteroatoms. The fraction of sp³-hybridized carbons (Fsp3) is 0.500. The summed E-state index contributed by atoms with van der Waals surface area (Å²) in [5.41, 5.74) is 2.73. The van der Waals surface area contributed by atoms with Crippen molar-refractivity contribution in [3.63, 3.8) is 0 Å². The number of carbonyl (C=O) groups excluding carboxylic acids is 3. The van der Waals surface area contributed by atoms with E-state index in [1.165, 1.54) is 6.92 Å². The summed E-state index contributed by atoms with van der Waals surface area (Å²) in [5.74, 6) is -1.98. The molecule has 0 N–H and O–H groups in total. The molecule has 0 aromatic heterocycles. The second-order valence-corrected chi connectivity index (χ2v) is 7.27. The molecule has 0 radical (unpaired) electrons. The van der Waals surface area contributed by atoms with Crippen LogP contribution in [-0.4, -0.2) is 36.7 Å². The molecule has 1 fully saturated rings. The van der Waals surface area contributed by atoms with Gasteiger partial charge in [0.15, 0.2) is 0 Å². The molecule has 3 unspecified atom stereocenters. The van der Waals surface area contributed by atoms with E-state index in [4.69, 9.17) is 14.2 Å². The predicted octanol–water partition coefficient (Wildman–Crippen LogP) is 3.58. The van der Waals surface area contributed by atoms with Gasteiger partial charge in [0, 0.05) is 18.9 Å². The van der Waals surface area contributed by atoms with Crippen LogP contribution in [0.25, 0.3) is 0 Å². The Morgan fingerprint density at radius 2 is 2.04 bits per heavy atom. The highest BCUT2D eigenvalue weighted by molar-refractivity contribution is 5.92. The highest BCUT2D eigenvalue weighted by Gasteiger charge is 2.44. The number of allylic oxidation sites excluding steroid dienone is 3. The van der Waals surface area contributed by atoms with Crippen molar-refractivity contribution in [3.8, 4) is 0 Å². The van der Waals surface area contributed by atoms with E-state index in [0.29, 0.717) is 12.0 Å². The summed E-state index contributed by atoms with van der Waals surface area (Å²) >= 11 is 0. The van der Waals surface area contributed by atoms with E-state index < -0.39 is 36.0 Å². The Labute approximate surface area is 165 Å². The molecule has 1 saturated heterocycles. The lowest BCUT2D eigenvalue weighted by atomic mass is 9.85. The van der Waals surface area contributed by atoms with Crippen LogP contribution in [0.5, 0.6) is 0 Å². The van der Waals surface area contributed by atoms with Crippen LogP contribution in [0.1, 0.15) is 47.0 Å². The highest BCUT2D eigenvalue weighted by atomic mass is 16.6. The molecule has 0 bridgehead atoms. The van der Waals surface area contributed by atoms with Crippen LogP contribution in [0.4, 0.5) is 0 Å². The molecule has 0 aromatic rings. The van der Waals surface area contributed by atoms with Gasteiger partial charge >= 0.3 is 17.9 Å². The Hall–Kier alpha value is -2.63. The van der Waals surface area contributed by atoms with Crippen LogP contribution in [-0.2, 0) is 28.6 Å². The molecule has 152 valence electrons. The van der Waals surface area contributed by atoms with Crippen molar-refractivity contribution in [1.29, 1.82) is 0 Å². The minimum absolute atomic E-state index is 0.157. The molecule has 0 aromatic carbocycles. The van der Waals surface area contributed by atoms with Gasteiger partial charge in [0.1, 0.15) is 18.8 Å². The number of rotatable bonds is 4. The summed E-state index contributed by atoms with van der Waals surface area (Å²) in [4.78, 5) is 35.9. The van der Waals surface area contributed by atoms with Crippen molar-refractivity contribution in [2.75, 3.05) is 6.61 Å². The summed E-state index contributed by atoms with van der Waals surface area (Å²) < 4.78 is 16.2. The van der Waals surface area contributed by atoms with Gasteiger partial charge in [0.25, 0.3) is 0 Å². The van der Waals surface area contributed by atoms with E-state index >= 15 is 0 Å². The lowest BCUT2D eigenvalue weighted by molar-refractivity contribution is -0.148. The predicted molar refractivity (Wildman–Crippen MR) is 104 cm³/mol. The summed E-state index contributed by atoms with van der Waals surface area (Å²) in [6, 6.07) is 0. The molecule has 2 aliphatic rings. The molecule has 3 atom stereocenters. The number of fused-ring (bicyclic) bond motifs is 1. The van der Waals surface area contributed by atoms with Crippen molar-refractivity contribution < 1.29 is 28.6 Å².